The number of hydrogen-bond donors (Lipinski definition) is 1. The first kappa shape index (κ1) is 16.5. The third-order valence-corrected chi connectivity index (χ3v) is 3.33. The van der Waals surface area contributed by atoms with E-state index >= 15 is 0 Å². The van der Waals surface area contributed by atoms with Gasteiger partial charge in [-0.2, -0.15) is 0 Å². The number of methoxy groups -OCH3 is 1. The Morgan fingerprint density at radius 2 is 1.83 bits per heavy atom. The maximum absolute atomic E-state index is 12.1. The summed E-state index contributed by atoms with van der Waals surface area (Å²) in [6, 6.07) is 12.6. The molecule has 0 aliphatic carbocycles. The lowest BCUT2D eigenvalue weighted by atomic mass is 10.1. The zero-order chi connectivity index (χ0) is 16.8. The number of benzene rings is 2. The van der Waals surface area contributed by atoms with Gasteiger partial charge >= 0.3 is 5.97 Å². The highest BCUT2D eigenvalue weighted by Gasteiger charge is 2.15. The van der Waals surface area contributed by atoms with Gasteiger partial charge in [0.15, 0.2) is 6.61 Å². The summed E-state index contributed by atoms with van der Waals surface area (Å²) in [5.41, 5.74) is 2.84. The van der Waals surface area contributed by atoms with Crippen molar-refractivity contribution < 1.29 is 19.1 Å². The summed E-state index contributed by atoms with van der Waals surface area (Å²) >= 11 is 0. The van der Waals surface area contributed by atoms with Crippen molar-refractivity contribution in [2.45, 2.75) is 13.8 Å². The second kappa shape index (κ2) is 7.45. The summed E-state index contributed by atoms with van der Waals surface area (Å²) in [6.45, 7) is 3.39. The van der Waals surface area contributed by atoms with Gasteiger partial charge in [0.05, 0.1) is 7.11 Å². The molecule has 2 aromatic rings. The molecule has 0 aliphatic heterocycles. The summed E-state index contributed by atoms with van der Waals surface area (Å²) in [4.78, 5) is 24.0. The number of rotatable bonds is 5. The molecule has 0 atom stereocenters. The molecule has 0 radical (unpaired) electrons. The van der Waals surface area contributed by atoms with Crippen molar-refractivity contribution >= 4 is 17.6 Å². The summed E-state index contributed by atoms with van der Waals surface area (Å²) in [5.74, 6) is -0.565. The van der Waals surface area contributed by atoms with E-state index in [9.17, 15) is 9.59 Å². The number of hydrogen-bond acceptors (Lipinski definition) is 4. The largest absolute Gasteiger partial charge is 0.496 e. The van der Waals surface area contributed by atoms with Crippen LogP contribution in [0, 0.1) is 13.8 Å². The summed E-state index contributed by atoms with van der Waals surface area (Å²) < 4.78 is 10.2. The zero-order valence-corrected chi connectivity index (χ0v) is 13.4. The minimum Gasteiger partial charge on any atom is -0.496 e. The van der Waals surface area contributed by atoms with Gasteiger partial charge in [0, 0.05) is 5.69 Å². The van der Waals surface area contributed by atoms with Gasteiger partial charge in [0.1, 0.15) is 11.3 Å². The lowest BCUT2D eigenvalue weighted by Crippen LogP contribution is -2.21. The van der Waals surface area contributed by atoms with Crippen molar-refractivity contribution in [2.75, 3.05) is 19.0 Å². The fourth-order valence-electron chi connectivity index (χ4n) is 2.09. The highest BCUT2D eigenvalue weighted by Crippen LogP contribution is 2.20. The number of carbonyl (C=O) groups excluding carboxylic acids is 2. The van der Waals surface area contributed by atoms with Crippen LogP contribution >= 0.6 is 0 Å². The normalized spacial score (nSPS) is 10.0. The number of aryl methyl sites for hydroxylation is 2. The third kappa shape index (κ3) is 4.32. The van der Waals surface area contributed by atoms with E-state index < -0.39 is 5.97 Å². The fourth-order valence-corrected chi connectivity index (χ4v) is 2.09. The quantitative estimate of drug-likeness (QED) is 0.861. The second-order valence-electron chi connectivity index (χ2n) is 5.14. The zero-order valence-electron chi connectivity index (χ0n) is 13.4. The Kier molecular flexibility index (Phi) is 5.36. The van der Waals surface area contributed by atoms with Gasteiger partial charge in [-0.25, -0.2) is 4.79 Å². The lowest BCUT2D eigenvalue weighted by molar-refractivity contribution is -0.119. The Labute approximate surface area is 135 Å². The maximum Gasteiger partial charge on any atom is 0.342 e. The predicted octanol–water partition coefficient (Wildman–Crippen LogP) is 3.11. The van der Waals surface area contributed by atoms with Gasteiger partial charge in [0.25, 0.3) is 5.91 Å². The fraction of sp³-hybridized carbons (Fsp3) is 0.222. The van der Waals surface area contributed by atoms with Crippen LogP contribution in [0.5, 0.6) is 5.75 Å². The molecule has 0 bridgehead atoms. The van der Waals surface area contributed by atoms with E-state index in [2.05, 4.69) is 5.32 Å². The Balaban J connectivity index is 1.98. The van der Waals surface area contributed by atoms with Gasteiger partial charge in [-0.15, -0.1) is 0 Å². The number of nitrogens with one attached hydrogen (secondary N) is 1. The van der Waals surface area contributed by atoms with Crippen LogP contribution in [0.25, 0.3) is 0 Å². The number of para-hydroxylation sites is 1. The molecule has 0 unspecified atom stereocenters. The molecular weight excluding hydrogens is 294 g/mol. The number of carbonyl (C=O) groups is 2. The number of esters is 1. The summed E-state index contributed by atoms with van der Waals surface area (Å²) in [5, 5.41) is 2.71. The number of anilines is 1. The second-order valence-corrected chi connectivity index (χ2v) is 5.14. The van der Waals surface area contributed by atoms with Crippen LogP contribution in [0.4, 0.5) is 5.69 Å². The van der Waals surface area contributed by atoms with Crippen molar-refractivity contribution in [1.29, 1.82) is 0 Å². The Morgan fingerprint density at radius 3 is 2.52 bits per heavy atom. The molecule has 0 fully saturated rings. The average Bonchev–Trinajstić information content (AvgIpc) is 2.54. The molecule has 0 saturated carbocycles. The lowest BCUT2D eigenvalue weighted by Gasteiger charge is -2.11. The van der Waals surface area contributed by atoms with Crippen LogP contribution in [0.3, 0.4) is 0 Å². The van der Waals surface area contributed by atoms with Crippen LogP contribution in [0.15, 0.2) is 42.5 Å². The van der Waals surface area contributed by atoms with Crippen molar-refractivity contribution in [3.63, 3.8) is 0 Å². The van der Waals surface area contributed by atoms with Crippen molar-refractivity contribution in [3.8, 4) is 5.75 Å². The first-order chi connectivity index (χ1) is 11.0. The molecule has 0 heterocycles. The Hall–Kier alpha value is -2.82. The van der Waals surface area contributed by atoms with Crippen LogP contribution in [-0.4, -0.2) is 25.6 Å². The third-order valence-electron chi connectivity index (χ3n) is 3.33. The molecule has 0 aromatic heterocycles. The Morgan fingerprint density at radius 1 is 1.09 bits per heavy atom. The average molecular weight is 313 g/mol. The molecule has 120 valence electrons. The Bertz CT molecular complexity index is 725. The van der Waals surface area contributed by atoms with Gasteiger partial charge in [0.2, 0.25) is 0 Å². The molecule has 1 N–H and O–H groups in total. The molecular formula is C18H19NO4. The highest BCUT2D eigenvalue weighted by atomic mass is 16.5. The van der Waals surface area contributed by atoms with E-state index in [1.165, 1.54) is 7.11 Å². The molecule has 5 nitrogen and oxygen atoms in total. The van der Waals surface area contributed by atoms with Crippen molar-refractivity contribution in [1.82, 2.24) is 0 Å². The van der Waals surface area contributed by atoms with Gasteiger partial charge < -0.3 is 14.8 Å². The van der Waals surface area contributed by atoms with Gasteiger partial charge in [-0.3, -0.25) is 4.79 Å². The molecule has 23 heavy (non-hydrogen) atoms. The monoisotopic (exact) mass is 313 g/mol. The molecule has 5 heteroatoms. The van der Waals surface area contributed by atoms with Crippen LogP contribution in [0.2, 0.25) is 0 Å². The van der Waals surface area contributed by atoms with Crippen LogP contribution in [-0.2, 0) is 9.53 Å². The molecule has 1 amide bonds. The van der Waals surface area contributed by atoms with Gasteiger partial charge in [-0.1, -0.05) is 29.8 Å². The molecule has 0 spiro atoms. The molecule has 0 saturated heterocycles. The standard InChI is InChI=1S/C18H19NO4/c1-12-8-9-16(22-3)14(10-12)18(21)23-11-17(20)19-15-7-5-4-6-13(15)2/h4-10H,11H2,1-3H3,(H,19,20). The molecule has 0 aliphatic rings. The van der Waals surface area contributed by atoms with Crippen LogP contribution in [0.1, 0.15) is 21.5 Å². The first-order valence-corrected chi connectivity index (χ1v) is 7.18. The van der Waals surface area contributed by atoms with Crippen molar-refractivity contribution in [3.05, 3.63) is 59.2 Å². The molecule has 2 rings (SSSR count). The number of amides is 1. The molecule has 2 aromatic carbocycles. The topological polar surface area (TPSA) is 64.6 Å². The van der Waals surface area contributed by atoms with Crippen molar-refractivity contribution in [2.24, 2.45) is 0 Å². The summed E-state index contributed by atoms with van der Waals surface area (Å²) in [7, 11) is 1.48. The van der Waals surface area contributed by atoms with Crippen LogP contribution < -0.4 is 10.1 Å². The van der Waals surface area contributed by atoms with E-state index in [-0.39, 0.29) is 12.5 Å². The highest BCUT2D eigenvalue weighted by molar-refractivity contribution is 5.97. The van der Waals surface area contributed by atoms with E-state index in [4.69, 9.17) is 9.47 Å². The smallest absolute Gasteiger partial charge is 0.342 e. The maximum atomic E-state index is 12.1. The predicted molar refractivity (Wildman–Crippen MR) is 87.8 cm³/mol. The first-order valence-electron chi connectivity index (χ1n) is 7.18. The van der Waals surface area contributed by atoms with E-state index in [0.29, 0.717) is 17.0 Å². The SMILES string of the molecule is COc1ccc(C)cc1C(=O)OCC(=O)Nc1ccccc1C. The van der Waals surface area contributed by atoms with E-state index in [1.807, 2.05) is 38.1 Å². The minimum absolute atomic E-state index is 0.302. The van der Waals surface area contributed by atoms with E-state index in [1.54, 1.807) is 18.2 Å². The van der Waals surface area contributed by atoms with E-state index in [0.717, 1.165) is 11.1 Å². The summed E-state index contributed by atoms with van der Waals surface area (Å²) in [6.07, 6.45) is 0. The minimum atomic E-state index is -0.592. The van der Waals surface area contributed by atoms with Gasteiger partial charge in [-0.05, 0) is 37.6 Å². The number of ether oxygens (including phenoxy) is 2.